The van der Waals surface area contributed by atoms with E-state index in [2.05, 4.69) is 28.6 Å². The number of aliphatic hydroxyl groups excluding tert-OH is 1. The van der Waals surface area contributed by atoms with E-state index in [1.165, 1.54) is 6.92 Å². The summed E-state index contributed by atoms with van der Waals surface area (Å²) in [6.07, 6.45) is -0.620. The molecule has 0 aromatic rings. The first-order valence-electron chi connectivity index (χ1n) is 8.19. The van der Waals surface area contributed by atoms with Crippen LogP contribution in [0.25, 0.3) is 0 Å². The number of amides is 3. The molecule has 5 unspecified atom stereocenters. The predicted octanol–water partition coefficient (Wildman–Crippen LogP) is -2.16. The number of thiol groups is 1. The van der Waals surface area contributed by atoms with Crippen molar-refractivity contribution in [3.8, 4) is 0 Å². The van der Waals surface area contributed by atoms with E-state index in [0.717, 1.165) is 0 Å². The Morgan fingerprint density at radius 3 is 2.12 bits per heavy atom. The molecule has 0 bridgehead atoms. The second-order valence-corrected chi connectivity index (χ2v) is 6.36. The van der Waals surface area contributed by atoms with E-state index in [4.69, 9.17) is 10.8 Å². The molecule has 11 heteroatoms. The van der Waals surface area contributed by atoms with E-state index >= 15 is 0 Å². The van der Waals surface area contributed by atoms with Crippen molar-refractivity contribution in [1.82, 2.24) is 16.0 Å². The molecule has 0 spiro atoms. The Kier molecular flexibility index (Phi) is 10.9. The lowest BCUT2D eigenvalue weighted by Gasteiger charge is -2.22. The molecular weight excluding hydrogens is 364 g/mol. The third kappa shape index (κ3) is 8.02. The fraction of sp³-hybridized carbons (Fsp3) is 0.733. The minimum atomic E-state index is -1.52. The van der Waals surface area contributed by atoms with Crippen molar-refractivity contribution in [2.75, 3.05) is 12.3 Å². The van der Waals surface area contributed by atoms with Crippen molar-refractivity contribution in [1.29, 1.82) is 0 Å². The van der Waals surface area contributed by atoms with Crippen molar-refractivity contribution < 1.29 is 29.4 Å². The molecule has 3 amide bonds. The van der Waals surface area contributed by atoms with Gasteiger partial charge in [0.2, 0.25) is 17.7 Å². The van der Waals surface area contributed by atoms with Crippen molar-refractivity contribution >= 4 is 36.3 Å². The third-order valence-corrected chi connectivity index (χ3v) is 4.23. The first-order valence-corrected chi connectivity index (χ1v) is 8.83. The van der Waals surface area contributed by atoms with Gasteiger partial charge >= 0.3 is 5.97 Å². The van der Waals surface area contributed by atoms with E-state index in [-0.39, 0.29) is 18.2 Å². The number of carboxylic acid groups (broad SMARTS) is 1. The van der Waals surface area contributed by atoms with Gasteiger partial charge in [0.25, 0.3) is 0 Å². The number of carboxylic acids is 1. The van der Waals surface area contributed by atoms with Crippen LogP contribution in [0.3, 0.4) is 0 Å². The van der Waals surface area contributed by atoms with Crippen LogP contribution in [0.2, 0.25) is 0 Å². The van der Waals surface area contributed by atoms with E-state index in [9.17, 15) is 24.3 Å². The van der Waals surface area contributed by atoms with Crippen molar-refractivity contribution in [3.05, 3.63) is 0 Å². The zero-order valence-corrected chi connectivity index (χ0v) is 16.0. The Hall–Kier alpha value is -1.85. The fourth-order valence-electron chi connectivity index (χ4n) is 1.88. The largest absolute Gasteiger partial charge is 0.480 e. The highest BCUT2D eigenvalue weighted by atomic mass is 32.1. The number of rotatable bonds is 11. The van der Waals surface area contributed by atoms with E-state index in [0.29, 0.717) is 6.42 Å². The van der Waals surface area contributed by atoms with Crippen LogP contribution in [0, 0.1) is 5.92 Å². The Morgan fingerprint density at radius 2 is 1.69 bits per heavy atom. The van der Waals surface area contributed by atoms with Crippen molar-refractivity contribution in [2.45, 2.75) is 51.4 Å². The summed E-state index contributed by atoms with van der Waals surface area (Å²) in [6, 6.07) is -3.40. The van der Waals surface area contributed by atoms with Crippen molar-refractivity contribution in [3.63, 3.8) is 0 Å². The normalized spacial score (nSPS) is 16.5. The Morgan fingerprint density at radius 1 is 1.12 bits per heavy atom. The monoisotopic (exact) mass is 392 g/mol. The van der Waals surface area contributed by atoms with Gasteiger partial charge in [-0.2, -0.15) is 12.6 Å². The summed E-state index contributed by atoms with van der Waals surface area (Å²) in [7, 11) is 0. The Balaban J connectivity index is 4.62. The van der Waals surface area contributed by atoms with Gasteiger partial charge < -0.3 is 31.9 Å². The van der Waals surface area contributed by atoms with E-state index in [1.54, 1.807) is 0 Å². The molecule has 150 valence electrons. The topological polar surface area (TPSA) is 171 Å². The number of carbonyl (C=O) groups excluding carboxylic acids is 3. The van der Waals surface area contributed by atoms with E-state index in [1.807, 2.05) is 13.8 Å². The van der Waals surface area contributed by atoms with Crippen LogP contribution in [0.15, 0.2) is 0 Å². The first kappa shape index (κ1) is 24.1. The zero-order chi connectivity index (χ0) is 20.4. The van der Waals surface area contributed by atoms with Gasteiger partial charge in [0, 0.05) is 5.75 Å². The number of hydrogen-bond donors (Lipinski definition) is 7. The average Bonchev–Trinajstić information content (AvgIpc) is 2.59. The number of nitrogens with one attached hydrogen (secondary N) is 3. The van der Waals surface area contributed by atoms with Gasteiger partial charge in [0.15, 0.2) is 6.04 Å². The molecule has 0 aromatic heterocycles. The molecule has 0 heterocycles. The molecule has 0 aliphatic rings. The number of hydrogen-bond acceptors (Lipinski definition) is 7. The summed E-state index contributed by atoms with van der Waals surface area (Å²) in [4.78, 5) is 46.8. The number of aliphatic carboxylic acids is 1. The Bertz CT molecular complexity index is 516. The lowest BCUT2D eigenvalue weighted by Crippen LogP contribution is -2.56. The van der Waals surface area contributed by atoms with Crippen LogP contribution in [-0.2, 0) is 19.2 Å². The zero-order valence-electron chi connectivity index (χ0n) is 15.1. The van der Waals surface area contributed by atoms with Gasteiger partial charge in [-0.15, -0.1) is 0 Å². The maximum atomic E-state index is 12.0. The highest BCUT2D eigenvalue weighted by molar-refractivity contribution is 7.80. The van der Waals surface area contributed by atoms with Crippen LogP contribution < -0.4 is 21.7 Å². The van der Waals surface area contributed by atoms with Crippen LogP contribution in [0.5, 0.6) is 0 Å². The predicted molar refractivity (Wildman–Crippen MR) is 97.5 cm³/mol. The van der Waals surface area contributed by atoms with Crippen LogP contribution in [0.4, 0.5) is 0 Å². The standard InChI is InChI=1S/C15H28N4O6S/c1-4-7(2)11(16)14(23)17-5-10(21)18-9(6-26)13(22)19-12(8(3)20)15(24)25/h7-9,11-12,20,26H,4-6,16H2,1-3H3,(H,17,23)(H,18,21)(H,19,22)(H,24,25). The molecule has 0 aliphatic heterocycles. The molecule has 26 heavy (non-hydrogen) atoms. The minimum absolute atomic E-state index is 0.0533. The average molecular weight is 392 g/mol. The highest BCUT2D eigenvalue weighted by Gasteiger charge is 2.29. The highest BCUT2D eigenvalue weighted by Crippen LogP contribution is 2.04. The third-order valence-electron chi connectivity index (χ3n) is 3.86. The van der Waals surface area contributed by atoms with Crippen molar-refractivity contribution in [2.24, 2.45) is 11.7 Å². The summed E-state index contributed by atoms with van der Waals surface area (Å²) in [5.41, 5.74) is 5.75. The molecule has 7 N–H and O–H groups in total. The maximum absolute atomic E-state index is 12.0. The van der Waals surface area contributed by atoms with Crippen LogP contribution in [-0.4, -0.2) is 70.4 Å². The van der Waals surface area contributed by atoms with Gasteiger partial charge in [-0.25, -0.2) is 4.79 Å². The molecule has 0 aliphatic carbocycles. The van der Waals surface area contributed by atoms with Gasteiger partial charge in [-0.3, -0.25) is 14.4 Å². The minimum Gasteiger partial charge on any atom is -0.480 e. The fourth-order valence-corrected chi connectivity index (χ4v) is 2.14. The lowest BCUT2D eigenvalue weighted by molar-refractivity contribution is -0.145. The summed E-state index contributed by atoms with van der Waals surface area (Å²) in [6.45, 7) is 4.52. The van der Waals surface area contributed by atoms with Gasteiger partial charge in [-0.1, -0.05) is 20.3 Å². The van der Waals surface area contributed by atoms with Gasteiger partial charge in [0.1, 0.15) is 6.04 Å². The molecule has 10 nitrogen and oxygen atoms in total. The molecular formula is C15H28N4O6S. The number of nitrogens with two attached hydrogens (primary N) is 1. The summed E-state index contributed by atoms with van der Waals surface area (Å²) in [5, 5.41) is 25.1. The molecule has 0 aromatic carbocycles. The smallest absolute Gasteiger partial charge is 0.328 e. The SMILES string of the molecule is CCC(C)C(N)C(=O)NCC(=O)NC(CS)C(=O)NC(C(=O)O)C(C)O. The van der Waals surface area contributed by atoms with Crippen LogP contribution in [0.1, 0.15) is 27.2 Å². The number of aliphatic hydroxyl groups is 1. The lowest BCUT2D eigenvalue weighted by atomic mass is 9.99. The molecule has 5 atom stereocenters. The molecule has 0 saturated heterocycles. The van der Waals surface area contributed by atoms with Gasteiger partial charge in [0.05, 0.1) is 18.7 Å². The molecule has 0 fully saturated rings. The van der Waals surface area contributed by atoms with Gasteiger partial charge in [-0.05, 0) is 12.8 Å². The molecule has 0 saturated carbocycles. The summed E-state index contributed by atoms with van der Waals surface area (Å²) < 4.78 is 0. The maximum Gasteiger partial charge on any atom is 0.328 e. The van der Waals surface area contributed by atoms with Crippen LogP contribution >= 0.6 is 12.6 Å². The van der Waals surface area contributed by atoms with E-state index < -0.39 is 47.9 Å². The molecule has 0 radical (unpaired) electrons. The molecule has 0 rings (SSSR count). The Labute approximate surface area is 157 Å². The second kappa shape index (κ2) is 11.7. The summed E-state index contributed by atoms with van der Waals surface area (Å²) in [5.74, 6) is -3.53. The summed E-state index contributed by atoms with van der Waals surface area (Å²) >= 11 is 3.94. The quantitative estimate of drug-likeness (QED) is 0.196. The number of carbonyl (C=O) groups is 4. The second-order valence-electron chi connectivity index (χ2n) is 6.00. The first-order chi connectivity index (χ1) is 12.0.